The fourth-order valence-corrected chi connectivity index (χ4v) is 2.69. The molecular formula is C14H19N5O. The molecule has 1 amide bonds. The number of nitrogens with one attached hydrogen (secondary N) is 1. The van der Waals surface area contributed by atoms with E-state index in [1.165, 1.54) is 0 Å². The first-order chi connectivity index (χ1) is 9.66. The van der Waals surface area contributed by atoms with Crippen LogP contribution >= 0.6 is 0 Å². The van der Waals surface area contributed by atoms with Crippen LogP contribution in [-0.2, 0) is 14.1 Å². The van der Waals surface area contributed by atoms with Crippen molar-refractivity contribution in [1.29, 1.82) is 0 Å². The van der Waals surface area contributed by atoms with E-state index >= 15 is 0 Å². The summed E-state index contributed by atoms with van der Waals surface area (Å²) in [5.74, 6) is 0.0767. The molecule has 0 unspecified atom stereocenters. The molecule has 2 aromatic rings. The van der Waals surface area contributed by atoms with Gasteiger partial charge in [-0.3, -0.25) is 9.48 Å². The zero-order chi connectivity index (χ0) is 14.1. The molecule has 1 fully saturated rings. The van der Waals surface area contributed by atoms with Gasteiger partial charge in [0.15, 0.2) is 0 Å². The fraction of sp³-hybridized carbons (Fsp3) is 0.429. The van der Waals surface area contributed by atoms with Gasteiger partial charge < -0.3 is 14.8 Å². The fourth-order valence-electron chi connectivity index (χ4n) is 2.69. The molecule has 0 saturated carbocycles. The molecule has 1 aliphatic rings. The Morgan fingerprint density at radius 1 is 1.45 bits per heavy atom. The number of carbonyl (C=O) groups is 1. The van der Waals surface area contributed by atoms with Gasteiger partial charge in [0.05, 0.1) is 12.2 Å². The third-order valence-electron chi connectivity index (χ3n) is 3.78. The van der Waals surface area contributed by atoms with Crippen LogP contribution in [0.5, 0.6) is 0 Å². The van der Waals surface area contributed by atoms with Crippen molar-refractivity contribution in [1.82, 2.24) is 24.6 Å². The number of aryl methyl sites for hydroxylation is 2. The maximum Gasteiger partial charge on any atom is 0.271 e. The maximum absolute atomic E-state index is 12.7. The van der Waals surface area contributed by atoms with E-state index in [4.69, 9.17) is 0 Å². The summed E-state index contributed by atoms with van der Waals surface area (Å²) < 4.78 is 3.64. The van der Waals surface area contributed by atoms with Gasteiger partial charge in [0.2, 0.25) is 0 Å². The number of rotatable bonds is 2. The number of aromatic nitrogens is 3. The highest BCUT2D eigenvalue weighted by molar-refractivity contribution is 5.93. The summed E-state index contributed by atoms with van der Waals surface area (Å²) in [5.41, 5.74) is 1.79. The molecule has 106 valence electrons. The highest BCUT2D eigenvalue weighted by Gasteiger charge is 2.30. The van der Waals surface area contributed by atoms with Crippen LogP contribution in [0, 0.1) is 0 Å². The third kappa shape index (κ3) is 2.22. The summed E-state index contributed by atoms with van der Waals surface area (Å²) >= 11 is 0. The van der Waals surface area contributed by atoms with Gasteiger partial charge in [-0.15, -0.1) is 0 Å². The molecule has 20 heavy (non-hydrogen) atoms. The topological polar surface area (TPSA) is 55.1 Å². The molecule has 6 heteroatoms. The van der Waals surface area contributed by atoms with Crippen molar-refractivity contribution in [2.45, 2.75) is 6.04 Å². The smallest absolute Gasteiger partial charge is 0.271 e. The van der Waals surface area contributed by atoms with Crippen molar-refractivity contribution < 1.29 is 4.79 Å². The number of nitrogens with zero attached hydrogens (tertiary/aromatic N) is 4. The number of amides is 1. The first-order valence-corrected chi connectivity index (χ1v) is 6.78. The van der Waals surface area contributed by atoms with E-state index in [1.807, 2.05) is 54.3 Å². The molecule has 0 aromatic carbocycles. The molecule has 3 rings (SSSR count). The minimum atomic E-state index is 0.0415. The van der Waals surface area contributed by atoms with Gasteiger partial charge in [0, 0.05) is 51.7 Å². The van der Waals surface area contributed by atoms with Gasteiger partial charge in [-0.25, -0.2) is 0 Å². The second-order valence-corrected chi connectivity index (χ2v) is 5.17. The Balaban J connectivity index is 1.89. The lowest BCUT2D eigenvalue weighted by atomic mass is 10.1. The van der Waals surface area contributed by atoms with Gasteiger partial charge in [0.25, 0.3) is 5.91 Å². The largest absolute Gasteiger partial charge is 0.347 e. The Morgan fingerprint density at radius 3 is 2.95 bits per heavy atom. The average Bonchev–Trinajstić information content (AvgIpc) is 3.07. The van der Waals surface area contributed by atoms with Crippen molar-refractivity contribution in [3.8, 4) is 0 Å². The van der Waals surface area contributed by atoms with E-state index in [1.54, 1.807) is 4.68 Å². The van der Waals surface area contributed by atoms with Crippen LogP contribution in [0.25, 0.3) is 0 Å². The van der Waals surface area contributed by atoms with Gasteiger partial charge in [-0.2, -0.15) is 5.10 Å². The SMILES string of the molecule is Cn1cc([C@H]2CNCCN2C(=O)c2cccn2C)cn1. The van der Waals surface area contributed by atoms with Gasteiger partial charge in [0.1, 0.15) is 5.69 Å². The van der Waals surface area contributed by atoms with E-state index in [2.05, 4.69) is 10.4 Å². The minimum absolute atomic E-state index is 0.0415. The molecule has 2 aromatic heterocycles. The molecular weight excluding hydrogens is 254 g/mol. The predicted molar refractivity (Wildman–Crippen MR) is 75.3 cm³/mol. The monoisotopic (exact) mass is 273 g/mol. The van der Waals surface area contributed by atoms with Crippen LogP contribution in [0.4, 0.5) is 0 Å². The molecule has 0 bridgehead atoms. The highest BCUT2D eigenvalue weighted by atomic mass is 16.2. The molecule has 6 nitrogen and oxygen atoms in total. The standard InChI is InChI=1S/C14H19N5O/c1-17-6-3-4-12(17)14(20)19-7-5-15-9-13(19)11-8-16-18(2)10-11/h3-4,6,8,10,13,15H,5,7,9H2,1-2H3/t13-/m1/s1. The molecule has 0 radical (unpaired) electrons. The van der Waals surface area contributed by atoms with Crippen molar-refractivity contribution in [3.05, 3.63) is 42.0 Å². The molecule has 1 N–H and O–H groups in total. The molecule has 1 saturated heterocycles. The molecule has 1 aliphatic heterocycles. The Hall–Kier alpha value is -2.08. The second-order valence-electron chi connectivity index (χ2n) is 5.17. The van der Waals surface area contributed by atoms with Crippen molar-refractivity contribution in [2.75, 3.05) is 19.6 Å². The number of hydrogen-bond donors (Lipinski definition) is 1. The van der Waals surface area contributed by atoms with E-state index in [9.17, 15) is 4.79 Å². The Morgan fingerprint density at radius 2 is 2.30 bits per heavy atom. The molecule has 3 heterocycles. The summed E-state index contributed by atoms with van der Waals surface area (Å²) in [7, 11) is 3.79. The first-order valence-electron chi connectivity index (χ1n) is 6.78. The van der Waals surface area contributed by atoms with Gasteiger partial charge in [-0.05, 0) is 12.1 Å². The lowest BCUT2D eigenvalue weighted by Gasteiger charge is -2.35. The number of piperazine rings is 1. The van der Waals surface area contributed by atoms with Crippen molar-refractivity contribution in [2.24, 2.45) is 14.1 Å². The maximum atomic E-state index is 12.7. The Bertz CT molecular complexity index is 615. The second kappa shape index (κ2) is 5.13. The van der Waals surface area contributed by atoms with Crippen LogP contribution in [0.2, 0.25) is 0 Å². The quantitative estimate of drug-likeness (QED) is 0.869. The van der Waals surface area contributed by atoms with E-state index in [-0.39, 0.29) is 11.9 Å². The average molecular weight is 273 g/mol. The number of carbonyl (C=O) groups excluding carboxylic acids is 1. The van der Waals surface area contributed by atoms with Gasteiger partial charge in [-0.1, -0.05) is 0 Å². The van der Waals surface area contributed by atoms with E-state index in [0.717, 1.165) is 24.3 Å². The zero-order valence-corrected chi connectivity index (χ0v) is 11.8. The summed E-state index contributed by atoms with van der Waals surface area (Å²) in [6, 6.07) is 3.80. The van der Waals surface area contributed by atoms with Crippen molar-refractivity contribution in [3.63, 3.8) is 0 Å². The lowest BCUT2D eigenvalue weighted by molar-refractivity contribution is 0.0624. The van der Waals surface area contributed by atoms with E-state index < -0.39 is 0 Å². The first kappa shape index (κ1) is 12.9. The highest BCUT2D eigenvalue weighted by Crippen LogP contribution is 2.23. The third-order valence-corrected chi connectivity index (χ3v) is 3.78. The molecule has 0 spiro atoms. The predicted octanol–water partition coefficient (Wildman–Crippen LogP) is 0.545. The lowest BCUT2D eigenvalue weighted by Crippen LogP contribution is -2.49. The van der Waals surface area contributed by atoms with Crippen LogP contribution in [0.1, 0.15) is 22.1 Å². The number of hydrogen-bond acceptors (Lipinski definition) is 3. The zero-order valence-electron chi connectivity index (χ0n) is 11.8. The summed E-state index contributed by atoms with van der Waals surface area (Å²) in [5, 5.41) is 7.56. The van der Waals surface area contributed by atoms with Gasteiger partial charge >= 0.3 is 0 Å². The van der Waals surface area contributed by atoms with Crippen LogP contribution in [-0.4, -0.2) is 44.8 Å². The summed E-state index contributed by atoms with van der Waals surface area (Å²) in [6.45, 7) is 2.30. The normalized spacial score (nSPS) is 19.3. The minimum Gasteiger partial charge on any atom is -0.347 e. The summed E-state index contributed by atoms with van der Waals surface area (Å²) in [6.07, 6.45) is 5.71. The molecule has 1 atom stereocenters. The van der Waals surface area contributed by atoms with Crippen LogP contribution in [0.15, 0.2) is 30.7 Å². The van der Waals surface area contributed by atoms with Crippen molar-refractivity contribution >= 4 is 5.91 Å². The molecule has 0 aliphatic carbocycles. The van der Waals surface area contributed by atoms with Crippen LogP contribution < -0.4 is 5.32 Å². The Labute approximate surface area is 118 Å². The van der Waals surface area contributed by atoms with Crippen LogP contribution in [0.3, 0.4) is 0 Å². The van der Waals surface area contributed by atoms with E-state index in [0.29, 0.717) is 6.54 Å². The Kier molecular flexibility index (Phi) is 3.31. The summed E-state index contributed by atoms with van der Waals surface area (Å²) in [4.78, 5) is 14.7.